The van der Waals surface area contributed by atoms with Crippen LogP contribution < -0.4 is 11.1 Å². The van der Waals surface area contributed by atoms with E-state index in [1.54, 1.807) is 6.07 Å². The van der Waals surface area contributed by atoms with Gasteiger partial charge in [0.1, 0.15) is 11.7 Å². The summed E-state index contributed by atoms with van der Waals surface area (Å²) in [4.78, 5) is 38.9. The number of para-hydroxylation sites is 1. The lowest BCUT2D eigenvalue weighted by Crippen LogP contribution is -2.48. The van der Waals surface area contributed by atoms with Gasteiger partial charge < -0.3 is 15.8 Å². The van der Waals surface area contributed by atoms with Crippen LogP contribution in [0.1, 0.15) is 62.9 Å². The molecular formula is C24H33N3O4. The summed E-state index contributed by atoms with van der Waals surface area (Å²) in [6.45, 7) is 4.10. The summed E-state index contributed by atoms with van der Waals surface area (Å²) in [6, 6.07) is 10.5. The van der Waals surface area contributed by atoms with Gasteiger partial charge in [0.05, 0.1) is 12.6 Å². The van der Waals surface area contributed by atoms with Gasteiger partial charge in [-0.2, -0.15) is 0 Å². The van der Waals surface area contributed by atoms with Crippen LogP contribution in [0, 0.1) is 11.8 Å². The number of hydrogen-bond donors (Lipinski definition) is 2. The van der Waals surface area contributed by atoms with Crippen LogP contribution in [0.4, 0.5) is 0 Å². The van der Waals surface area contributed by atoms with Crippen molar-refractivity contribution in [2.45, 2.75) is 58.4 Å². The number of esters is 1. The van der Waals surface area contributed by atoms with Gasteiger partial charge in [0, 0.05) is 11.8 Å². The molecule has 2 aromatic rings. The molecule has 1 aromatic carbocycles. The number of rotatable bonds is 7. The average Bonchev–Trinajstić information content (AvgIpc) is 3.31. The summed E-state index contributed by atoms with van der Waals surface area (Å²) < 4.78 is 4.48. The number of ether oxygens (including phenoxy) is 1. The number of nitrogens with two attached hydrogens (primary N) is 1. The molecule has 1 heterocycles. The Bertz CT molecular complexity index is 893. The molecule has 7 nitrogen and oxygen atoms in total. The standard InChI is InChI=1S/C17H19N3O2.C7H14O2/c18-16(21)15(12-6-1-2-7-12)20-17(22)14-10-9-11-5-3-4-8-13(11)19-14;1-4-6(2)5-7(8)9-3/h3-5,8-10,12,15H,1-2,6-7H2,(H2,18,21)(H,20,22);6H,4-5H2,1-3H3. The van der Waals surface area contributed by atoms with Crippen LogP contribution in [0.25, 0.3) is 10.9 Å². The monoisotopic (exact) mass is 427 g/mol. The van der Waals surface area contributed by atoms with Crippen LogP contribution in [0.3, 0.4) is 0 Å². The minimum atomic E-state index is -0.608. The van der Waals surface area contributed by atoms with Crippen molar-refractivity contribution in [2.24, 2.45) is 17.6 Å². The van der Waals surface area contributed by atoms with Gasteiger partial charge in [0.25, 0.3) is 5.91 Å². The van der Waals surface area contributed by atoms with Crippen molar-refractivity contribution in [1.29, 1.82) is 0 Å². The van der Waals surface area contributed by atoms with Gasteiger partial charge in [-0.15, -0.1) is 0 Å². The van der Waals surface area contributed by atoms with Crippen LogP contribution in [-0.4, -0.2) is 35.9 Å². The largest absolute Gasteiger partial charge is 0.469 e. The zero-order chi connectivity index (χ0) is 22.8. The predicted molar refractivity (Wildman–Crippen MR) is 120 cm³/mol. The number of fused-ring (bicyclic) bond motifs is 1. The summed E-state index contributed by atoms with van der Waals surface area (Å²) in [5, 5.41) is 3.74. The van der Waals surface area contributed by atoms with E-state index in [1.165, 1.54) is 7.11 Å². The van der Waals surface area contributed by atoms with Gasteiger partial charge in [0.15, 0.2) is 0 Å². The Kier molecular flexibility index (Phi) is 9.43. The van der Waals surface area contributed by atoms with Gasteiger partial charge in [-0.1, -0.05) is 57.4 Å². The van der Waals surface area contributed by atoms with Crippen molar-refractivity contribution in [3.8, 4) is 0 Å². The van der Waals surface area contributed by atoms with E-state index in [1.807, 2.05) is 37.3 Å². The third-order valence-electron chi connectivity index (χ3n) is 5.74. The predicted octanol–water partition coefficient (Wildman–Crippen LogP) is 3.60. The van der Waals surface area contributed by atoms with Crippen molar-refractivity contribution >= 4 is 28.7 Å². The van der Waals surface area contributed by atoms with Crippen LogP contribution >= 0.6 is 0 Å². The summed E-state index contributed by atoms with van der Waals surface area (Å²) in [6.07, 6.45) is 5.61. The topological polar surface area (TPSA) is 111 Å². The molecule has 168 valence electrons. The normalized spacial score (nSPS) is 15.5. The van der Waals surface area contributed by atoms with E-state index in [0.717, 1.165) is 43.0 Å². The van der Waals surface area contributed by atoms with E-state index in [9.17, 15) is 14.4 Å². The number of hydrogen-bond acceptors (Lipinski definition) is 5. The fraction of sp³-hybridized carbons (Fsp3) is 0.500. The van der Waals surface area contributed by atoms with E-state index >= 15 is 0 Å². The maximum Gasteiger partial charge on any atom is 0.305 e. The number of methoxy groups -OCH3 is 1. The first-order chi connectivity index (χ1) is 14.8. The van der Waals surface area contributed by atoms with Gasteiger partial charge in [0.2, 0.25) is 5.91 Å². The molecule has 1 aromatic heterocycles. The van der Waals surface area contributed by atoms with Crippen LogP contribution in [0.15, 0.2) is 36.4 Å². The lowest BCUT2D eigenvalue weighted by molar-refractivity contribution is -0.141. The number of carbonyl (C=O) groups excluding carboxylic acids is 3. The molecule has 2 amide bonds. The summed E-state index contributed by atoms with van der Waals surface area (Å²) in [7, 11) is 1.42. The second-order valence-corrected chi connectivity index (χ2v) is 8.08. The zero-order valence-corrected chi connectivity index (χ0v) is 18.6. The van der Waals surface area contributed by atoms with E-state index in [4.69, 9.17) is 5.73 Å². The van der Waals surface area contributed by atoms with Crippen molar-refractivity contribution in [3.05, 3.63) is 42.1 Å². The van der Waals surface area contributed by atoms with Crippen LogP contribution in [0.5, 0.6) is 0 Å². The quantitative estimate of drug-likeness (QED) is 0.656. The first-order valence-electron chi connectivity index (χ1n) is 10.9. The van der Waals surface area contributed by atoms with E-state index in [0.29, 0.717) is 18.0 Å². The second-order valence-electron chi connectivity index (χ2n) is 8.08. The Hall–Kier alpha value is -2.96. The number of carbonyl (C=O) groups is 3. The van der Waals surface area contributed by atoms with Gasteiger partial charge in [-0.3, -0.25) is 14.4 Å². The highest BCUT2D eigenvalue weighted by molar-refractivity contribution is 5.97. The van der Waals surface area contributed by atoms with E-state index in [-0.39, 0.29) is 17.8 Å². The maximum atomic E-state index is 12.4. The molecule has 1 saturated carbocycles. The first kappa shape index (κ1) is 24.3. The summed E-state index contributed by atoms with van der Waals surface area (Å²) in [5.74, 6) is -0.328. The molecule has 0 radical (unpaired) electrons. The molecule has 0 bridgehead atoms. The van der Waals surface area contributed by atoms with Crippen LogP contribution in [0.2, 0.25) is 0 Å². The molecule has 1 aliphatic rings. The first-order valence-corrected chi connectivity index (χ1v) is 10.9. The molecular weight excluding hydrogens is 394 g/mol. The summed E-state index contributed by atoms with van der Waals surface area (Å²) >= 11 is 0. The third-order valence-corrected chi connectivity index (χ3v) is 5.74. The highest BCUT2D eigenvalue weighted by Gasteiger charge is 2.30. The van der Waals surface area contributed by atoms with Crippen molar-refractivity contribution in [3.63, 3.8) is 0 Å². The Morgan fingerprint density at radius 2 is 1.84 bits per heavy atom. The Morgan fingerprint density at radius 3 is 2.45 bits per heavy atom. The number of pyridine rings is 1. The molecule has 31 heavy (non-hydrogen) atoms. The minimum Gasteiger partial charge on any atom is -0.469 e. The number of amides is 2. The molecule has 7 heteroatoms. The molecule has 0 saturated heterocycles. The Labute approximate surface area is 183 Å². The lowest BCUT2D eigenvalue weighted by Gasteiger charge is -2.21. The fourth-order valence-electron chi connectivity index (χ4n) is 3.63. The van der Waals surface area contributed by atoms with Crippen molar-refractivity contribution < 1.29 is 19.1 Å². The highest BCUT2D eigenvalue weighted by Crippen LogP contribution is 2.27. The smallest absolute Gasteiger partial charge is 0.305 e. The van der Waals surface area contributed by atoms with Gasteiger partial charge in [-0.25, -0.2) is 4.98 Å². The Morgan fingerprint density at radius 1 is 1.16 bits per heavy atom. The number of primary amides is 1. The molecule has 1 aliphatic carbocycles. The zero-order valence-electron chi connectivity index (χ0n) is 18.6. The number of aromatic nitrogens is 1. The molecule has 0 aliphatic heterocycles. The minimum absolute atomic E-state index is 0.107. The van der Waals surface area contributed by atoms with Crippen molar-refractivity contribution in [1.82, 2.24) is 10.3 Å². The van der Waals surface area contributed by atoms with Crippen LogP contribution in [-0.2, 0) is 14.3 Å². The number of benzene rings is 1. The number of nitrogens with zero attached hydrogens (tertiary/aromatic N) is 1. The lowest BCUT2D eigenvalue weighted by atomic mass is 9.97. The molecule has 3 rings (SSSR count). The number of nitrogens with one attached hydrogen (secondary N) is 1. The SMILES string of the molecule is CCC(C)CC(=O)OC.NC(=O)C(NC(=O)c1ccc2ccccc2n1)C1CCCC1. The van der Waals surface area contributed by atoms with Gasteiger partial charge >= 0.3 is 5.97 Å². The average molecular weight is 428 g/mol. The Balaban J connectivity index is 0.000000323. The molecule has 0 spiro atoms. The molecule has 1 fully saturated rings. The molecule has 3 N–H and O–H groups in total. The fourth-order valence-corrected chi connectivity index (χ4v) is 3.63. The molecule has 2 unspecified atom stereocenters. The van der Waals surface area contributed by atoms with E-state index < -0.39 is 11.9 Å². The van der Waals surface area contributed by atoms with Gasteiger partial charge in [-0.05, 0) is 36.8 Å². The maximum absolute atomic E-state index is 12.4. The second kappa shape index (κ2) is 12.0. The summed E-state index contributed by atoms with van der Waals surface area (Å²) in [5.41, 5.74) is 6.52. The third kappa shape index (κ3) is 7.35. The van der Waals surface area contributed by atoms with Crippen molar-refractivity contribution in [2.75, 3.05) is 7.11 Å². The highest BCUT2D eigenvalue weighted by atomic mass is 16.5. The molecule has 2 atom stereocenters. The van der Waals surface area contributed by atoms with E-state index in [2.05, 4.69) is 22.0 Å².